The highest BCUT2D eigenvalue weighted by Gasteiger charge is 2.38. The van der Waals surface area contributed by atoms with Crippen LogP contribution in [0.15, 0.2) is 12.1 Å². The van der Waals surface area contributed by atoms with Gasteiger partial charge in [-0.1, -0.05) is 0 Å². The number of Topliss-reactive ketones (excluding diaryl/α,β-unsaturated/α-hetero) is 1. The summed E-state index contributed by atoms with van der Waals surface area (Å²) in [4.78, 5) is 20.7. The Hall–Kier alpha value is -1.53. The molecule has 0 rings (SSSR count). The van der Waals surface area contributed by atoms with E-state index >= 15 is 0 Å². The molecular formula is C8H9F3O4. The molecule has 0 amide bonds. The van der Waals surface area contributed by atoms with Crippen molar-refractivity contribution in [3.8, 4) is 0 Å². The Bertz CT molecular complexity index is 286. The van der Waals surface area contributed by atoms with Gasteiger partial charge in [-0.15, -0.1) is 0 Å². The lowest BCUT2D eigenvalue weighted by molar-refractivity contribution is -0.141. The average molecular weight is 226 g/mol. The largest absolute Gasteiger partial charge is 0.501 e. The number of halogens is 3. The SMILES string of the molecule is COC=C(F)C(F)(F)CC(=O)CC(=O)O. The molecule has 0 bridgehead atoms. The first-order valence-corrected chi connectivity index (χ1v) is 3.80. The highest BCUT2D eigenvalue weighted by Crippen LogP contribution is 2.29. The van der Waals surface area contributed by atoms with E-state index in [1.807, 2.05) is 0 Å². The van der Waals surface area contributed by atoms with Crippen LogP contribution >= 0.6 is 0 Å². The lowest BCUT2D eigenvalue weighted by atomic mass is 10.1. The quantitative estimate of drug-likeness (QED) is 0.550. The third-order valence-electron chi connectivity index (χ3n) is 1.34. The smallest absolute Gasteiger partial charge is 0.310 e. The fraction of sp³-hybridized carbons (Fsp3) is 0.500. The Balaban J connectivity index is 4.43. The molecule has 0 spiro atoms. The van der Waals surface area contributed by atoms with Crippen molar-refractivity contribution in [2.24, 2.45) is 0 Å². The van der Waals surface area contributed by atoms with Crippen molar-refractivity contribution in [2.45, 2.75) is 18.8 Å². The van der Waals surface area contributed by atoms with E-state index in [-0.39, 0.29) is 6.26 Å². The highest BCUT2D eigenvalue weighted by molar-refractivity contribution is 5.95. The summed E-state index contributed by atoms with van der Waals surface area (Å²) in [5.74, 6) is -8.73. The zero-order valence-corrected chi connectivity index (χ0v) is 7.80. The minimum Gasteiger partial charge on any atom is -0.501 e. The van der Waals surface area contributed by atoms with Crippen LogP contribution in [0.4, 0.5) is 13.2 Å². The average Bonchev–Trinajstić information content (AvgIpc) is 2.01. The predicted octanol–water partition coefficient (Wildman–Crippen LogP) is 1.51. The molecule has 0 aromatic heterocycles. The lowest BCUT2D eigenvalue weighted by Crippen LogP contribution is -2.23. The maximum atomic E-state index is 12.8. The van der Waals surface area contributed by atoms with E-state index in [9.17, 15) is 22.8 Å². The second-order valence-corrected chi connectivity index (χ2v) is 2.69. The number of carboxylic acids is 1. The highest BCUT2D eigenvalue weighted by atomic mass is 19.3. The van der Waals surface area contributed by atoms with E-state index < -0.39 is 36.3 Å². The van der Waals surface area contributed by atoms with Gasteiger partial charge in [0.1, 0.15) is 18.5 Å². The van der Waals surface area contributed by atoms with Crippen LogP contribution in [0.3, 0.4) is 0 Å². The predicted molar refractivity (Wildman–Crippen MR) is 43.0 cm³/mol. The van der Waals surface area contributed by atoms with E-state index in [0.717, 1.165) is 7.11 Å². The Labute approximate surface area is 83.3 Å². The molecule has 0 atom stereocenters. The van der Waals surface area contributed by atoms with Crippen LogP contribution in [0.5, 0.6) is 0 Å². The molecule has 4 nitrogen and oxygen atoms in total. The Morgan fingerprint density at radius 3 is 2.40 bits per heavy atom. The molecule has 0 aromatic carbocycles. The van der Waals surface area contributed by atoms with E-state index in [1.54, 1.807) is 0 Å². The molecule has 0 aliphatic heterocycles. The maximum Gasteiger partial charge on any atom is 0.310 e. The van der Waals surface area contributed by atoms with Gasteiger partial charge in [-0.3, -0.25) is 9.59 Å². The summed E-state index contributed by atoms with van der Waals surface area (Å²) >= 11 is 0. The number of carbonyl (C=O) groups excluding carboxylic acids is 1. The fourth-order valence-electron chi connectivity index (χ4n) is 0.753. The first-order chi connectivity index (χ1) is 6.79. The summed E-state index contributed by atoms with van der Waals surface area (Å²) in [7, 11) is 0.967. The molecule has 0 unspecified atom stereocenters. The number of aliphatic carboxylic acids is 1. The monoisotopic (exact) mass is 226 g/mol. The number of carboxylic acid groups (broad SMARTS) is 1. The molecule has 15 heavy (non-hydrogen) atoms. The van der Waals surface area contributed by atoms with Crippen LogP contribution in [0.25, 0.3) is 0 Å². The number of ketones is 1. The number of alkyl halides is 2. The number of allylic oxidation sites excluding steroid dienone is 1. The first kappa shape index (κ1) is 13.5. The van der Waals surface area contributed by atoms with Crippen LogP contribution in [0.1, 0.15) is 12.8 Å². The van der Waals surface area contributed by atoms with Crippen molar-refractivity contribution in [2.75, 3.05) is 7.11 Å². The Kier molecular flexibility index (Phi) is 4.83. The van der Waals surface area contributed by atoms with E-state index in [4.69, 9.17) is 5.11 Å². The molecule has 86 valence electrons. The number of hydrogen-bond acceptors (Lipinski definition) is 3. The normalized spacial score (nSPS) is 12.4. The number of hydrogen-bond donors (Lipinski definition) is 1. The second kappa shape index (κ2) is 5.38. The Morgan fingerprint density at radius 2 is 2.00 bits per heavy atom. The topological polar surface area (TPSA) is 63.6 Å². The number of rotatable bonds is 6. The van der Waals surface area contributed by atoms with Crippen molar-refractivity contribution in [3.63, 3.8) is 0 Å². The summed E-state index contributed by atoms with van der Waals surface area (Å²) < 4.78 is 42.1. The van der Waals surface area contributed by atoms with E-state index in [1.165, 1.54) is 0 Å². The van der Waals surface area contributed by atoms with Crippen molar-refractivity contribution in [3.05, 3.63) is 12.1 Å². The molecular weight excluding hydrogens is 217 g/mol. The van der Waals surface area contributed by atoms with Gasteiger partial charge in [0.15, 0.2) is 0 Å². The van der Waals surface area contributed by atoms with Crippen molar-refractivity contribution < 1.29 is 32.6 Å². The molecule has 0 aliphatic rings. The number of methoxy groups -OCH3 is 1. The van der Waals surface area contributed by atoms with Gasteiger partial charge in [0.2, 0.25) is 5.83 Å². The zero-order valence-electron chi connectivity index (χ0n) is 7.80. The fourth-order valence-corrected chi connectivity index (χ4v) is 0.753. The summed E-state index contributed by atoms with van der Waals surface area (Å²) in [6, 6.07) is 0. The molecule has 0 aliphatic carbocycles. The molecule has 0 fully saturated rings. The van der Waals surface area contributed by atoms with Crippen molar-refractivity contribution in [1.29, 1.82) is 0 Å². The first-order valence-electron chi connectivity index (χ1n) is 3.80. The molecule has 0 heterocycles. The van der Waals surface area contributed by atoms with Gasteiger partial charge >= 0.3 is 11.9 Å². The lowest BCUT2D eigenvalue weighted by Gasteiger charge is -2.12. The minimum atomic E-state index is -4.03. The van der Waals surface area contributed by atoms with Crippen LogP contribution in [0.2, 0.25) is 0 Å². The maximum absolute atomic E-state index is 12.8. The third-order valence-corrected chi connectivity index (χ3v) is 1.34. The molecule has 0 radical (unpaired) electrons. The van der Waals surface area contributed by atoms with Gasteiger partial charge in [0.25, 0.3) is 0 Å². The number of carbonyl (C=O) groups is 2. The van der Waals surface area contributed by atoms with Crippen LogP contribution < -0.4 is 0 Å². The van der Waals surface area contributed by atoms with Crippen LogP contribution in [-0.4, -0.2) is 29.9 Å². The van der Waals surface area contributed by atoms with Crippen LogP contribution in [-0.2, 0) is 14.3 Å². The minimum absolute atomic E-state index is 0.161. The molecule has 0 saturated carbocycles. The Morgan fingerprint density at radius 1 is 1.47 bits per heavy atom. The molecule has 0 saturated heterocycles. The van der Waals surface area contributed by atoms with Crippen molar-refractivity contribution in [1.82, 2.24) is 0 Å². The molecule has 1 N–H and O–H groups in total. The van der Waals surface area contributed by atoms with Crippen molar-refractivity contribution >= 4 is 11.8 Å². The molecule has 7 heteroatoms. The van der Waals surface area contributed by atoms with Gasteiger partial charge < -0.3 is 9.84 Å². The summed E-state index contributed by atoms with van der Waals surface area (Å²) in [5, 5.41) is 8.12. The van der Waals surface area contributed by atoms with E-state index in [2.05, 4.69) is 4.74 Å². The van der Waals surface area contributed by atoms with Gasteiger partial charge in [-0.05, 0) is 0 Å². The van der Waals surface area contributed by atoms with Gasteiger partial charge in [0, 0.05) is 0 Å². The summed E-state index contributed by atoms with van der Waals surface area (Å²) in [6.45, 7) is 0. The summed E-state index contributed by atoms with van der Waals surface area (Å²) in [5.41, 5.74) is 0. The summed E-state index contributed by atoms with van der Waals surface area (Å²) in [6.07, 6.45) is -2.39. The van der Waals surface area contributed by atoms with Gasteiger partial charge in [0.05, 0.1) is 13.5 Å². The number of ether oxygens (including phenoxy) is 1. The second-order valence-electron chi connectivity index (χ2n) is 2.69. The van der Waals surface area contributed by atoms with Crippen LogP contribution in [0, 0.1) is 0 Å². The van der Waals surface area contributed by atoms with Gasteiger partial charge in [-0.2, -0.15) is 8.78 Å². The standard InChI is InChI=1S/C8H9F3O4/c1-15-4-6(9)8(10,11)3-5(12)2-7(13)14/h4H,2-3H2,1H3,(H,13,14). The molecule has 0 aromatic rings. The van der Waals surface area contributed by atoms with E-state index in [0.29, 0.717) is 0 Å². The zero-order chi connectivity index (χ0) is 12.1. The third kappa shape index (κ3) is 5.04. The van der Waals surface area contributed by atoms with Gasteiger partial charge in [-0.25, -0.2) is 4.39 Å².